The van der Waals surface area contributed by atoms with Gasteiger partial charge in [0.05, 0.1) is 17.1 Å². The second-order valence-electron chi connectivity index (χ2n) is 8.07. The molecule has 2 saturated carbocycles. The van der Waals surface area contributed by atoms with Crippen molar-refractivity contribution in [2.75, 3.05) is 0 Å². The van der Waals surface area contributed by atoms with Crippen LogP contribution in [-0.4, -0.2) is 10.7 Å². The van der Waals surface area contributed by atoms with Gasteiger partial charge in [0.25, 0.3) is 0 Å². The smallest absolute Gasteiger partial charge is 0.0863 e. The first-order valence-electron chi connectivity index (χ1n) is 7.88. The summed E-state index contributed by atoms with van der Waals surface area (Å²) >= 11 is 0. The molecule has 3 atom stereocenters. The van der Waals surface area contributed by atoms with Gasteiger partial charge in [0.15, 0.2) is 0 Å². The van der Waals surface area contributed by atoms with Gasteiger partial charge in [0.1, 0.15) is 0 Å². The Morgan fingerprint density at radius 1 is 1.05 bits per heavy atom. The zero-order chi connectivity index (χ0) is 14.3. The van der Waals surface area contributed by atoms with Crippen LogP contribution < -0.4 is 0 Å². The summed E-state index contributed by atoms with van der Waals surface area (Å²) < 4.78 is 0. The lowest BCUT2D eigenvalue weighted by Gasteiger charge is -2.54. The molecule has 0 aromatic heterocycles. The molecule has 0 saturated heterocycles. The van der Waals surface area contributed by atoms with E-state index in [1.807, 2.05) is 0 Å². The molecule has 2 rings (SSSR count). The van der Waals surface area contributed by atoms with Gasteiger partial charge < -0.3 is 5.11 Å². The maximum absolute atomic E-state index is 11.3. The van der Waals surface area contributed by atoms with Gasteiger partial charge in [-0.05, 0) is 55.8 Å². The highest BCUT2D eigenvalue weighted by atomic mass is 16.3. The molecule has 108 valence electrons. The van der Waals surface area contributed by atoms with Crippen LogP contribution in [0, 0.1) is 34.0 Å². The van der Waals surface area contributed by atoms with Crippen molar-refractivity contribution in [3.05, 3.63) is 0 Å². The van der Waals surface area contributed by atoms with Crippen LogP contribution in [0.15, 0.2) is 0 Å². The number of aliphatic hydroxyl groups is 1. The Kier molecular flexibility index (Phi) is 3.73. The lowest BCUT2D eigenvalue weighted by atomic mass is 9.52. The minimum Gasteiger partial charge on any atom is -0.388 e. The fraction of sp³-hybridized carbons (Fsp3) is 0.941. The monoisotopic (exact) mass is 263 g/mol. The molecule has 0 aromatic rings. The summed E-state index contributed by atoms with van der Waals surface area (Å²) in [7, 11) is 0. The first-order chi connectivity index (χ1) is 8.75. The van der Waals surface area contributed by atoms with Crippen molar-refractivity contribution in [3.8, 4) is 6.07 Å². The molecule has 0 amide bonds. The van der Waals surface area contributed by atoms with Crippen LogP contribution in [0.4, 0.5) is 0 Å². The standard InChI is InChI=1S/C17H29NO/c1-13-5-6-14(2)17(19,11-13)16(12-18)9-7-15(3,4)8-10-16/h13-14,19H,5-11H2,1-4H3. The molecule has 0 spiro atoms. The van der Waals surface area contributed by atoms with E-state index in [1.165, 1.54) is 6.42 Å². The first kappa shape index (κ1) is 14.9. The Labute approximate surface area is 118 Å². The van der Waals surface area contributed by atoms with Crippen molar-refractivity contribution in [2.45, 2.75) is 78.2 Å². The summed E-state index contributed by atoms with van der Waals surface area (Å²) in [6.45, 7) is 8.93. The zero-order valence-corrected chi connectivity index (χ0v) is 13.0. The molecular weight excluding hydrogens is 234 g/mol. The molecule has 19 heavy (non-hydrogen) atoms. The SMILES string of the molecule is CC1CCC(C)C(O)(C2(C#N)CCC(C)(C)CC2)C1. The van der Waals surface area contributed by atoms with Gasteiger partial charge in [0.2, 0.25) is 0 Å². The summed E-state index contributed by atoms with van der Waals surface area (Å²) in [4.78, 5) is 0. The maximum Gasteiger partial charge on any atom is 0.0863 e. The number of nitriles is 1. The van der Waals surface area contributed by atoms with Crippen molar-refractivity contribution in [1.82, 2.24) is 0 Å². The van der Waals surface area contributed by atoms with E-state index in [0.717, 1.165) is 38.5 Å². The molecular formula is C17H29NO. The van der Waals surface area contributed by atoms with E-state index in [0.29, 0.717) is 11.3 Å². The Morgan fingerprint density at radius 2 is 1.63 bits per heavy atom. The second kappa shape index (κ2) is 4.77. The molecule has 2 nitrogen and oxygen atoms in total. The predicted octanol–water partition coefficient (Wildman–Crippen LogP) is 4.28. The van der Waals surface area contributed by atoms with E-state index in [9.17, 15) is 10.4 Å². The highest BCUT2D eigenvalue weighted by Crippen LogP contribution is 2.56. The quantitative estimate of drug-likeness (QED) is 0.767. The van der Waals surface area contributed by atoms with Gasteiger partial charge in [0, 0.05) is 0 Å². The Morgan fingerprint density at radius 3 is 2.16 bits per heavy atom. The van der Waals surface area contributed by atoms with Crippen molar-refractivity contribution in [2.24, 2.45) is 22.7 Å². The minimum atomic E-state index is -0.768. The van der Waals surface area contributed by atoms with Crippen molar-refractivity contribution in [3.63, 3.8) is 0 Å². The van der Waals surface area contributed by atoms with Crippen LogP contribution in [0.3, 0.4) is 0 Å². The maximum atomic E-state index is 11.3. The average molecular weight is 263 g/mol. The fourth-order valence-corrected chi connectivity index (χ4v) is 4.27. The number of hydrogen-bond acceptors (Lipinski definition) is 2. The molecule has 2 fully saturated rings. The topological polar surface area (TPSA) is 44.0 Å². The lowest BCUT2D eigenvalue weighted by molar-refractivity contribution is -0.149. The average Bonchev–Trinajstić information content (AvgIpc) is 2.35. The van der Waals surface area contributed by atoms with Crippen LogP contribution in [-0.2, 0) is 0 Å². The molecule has 2 aliphatic carbocycles. The van der Waals surface area contributed by atoms with E-state index >= 15 is 0 Å². The third-order valence-electron chi connectivity index (χ3n) is 6.07. The Balaban J connectivity index is 2.28. The first-order valence-corrected chi connectivity index (χ1v) is 7.88. The summed E-state index contributed by atoms with van der Waals surface area (Å²) in [6, 6.07) is 2.57. The summed E-state index contributed by atoms with van der Waals surface area (Å²) in [5, 5.41) is 21.2. The van der Waals surface area contributed by atoms with Crippen LogP contribution in [0.5, 0.6) is 0 Å². The summed E-state index contributed by atoms with van der Waals surface area (Å²) in [5.41, 5.74) is -0.938. The van der Waals surface area contributed by atoms with E-state index in [4.69, 9.17) is 0 Å². The second-order valence-corrected chi connectivity index (χ2v) is 8.07. The largest absolute Gasteiger partial charge is 0.388 e. The molecule has 0 heterocycles. The van der Waals surface area contributed by atoms with Gasteiger partial charge in [-0.1, -0.05) is 34.1 Å². The van der Waals surface area contributed by atoms with Crippen LogP contribution >= 0.6 is 0 Å². The molecule has 3 unspecified atom stereocenters. The van der Waals surface area contributed by atoms with Gasteiger partial charge in [-0.2, -0.15) is 5.26 Å². The third kappa shape index (κ3) is 2.42. The molecule has 2 heteroatoms. The van der Waals surface area contributed by atoms with Gasteiger partial charge in [-0.25, -0.2) is 0 Å². The van der Waals surface area contributed by atoms with Crippen LogP contribution in [0.25, 0.3) is 0 Å². The number of nitrogens with zero attached hydrogens (tertiary/aromatic N) is 1. The molecule has 1 N–H and O–H groups in total. The molecule has 0 aromatic carbocycles. The van der Waals surface area contributed by atoms with Crippen molar-refractivity contribution < 1.29 is 5.11 Å². The van der Waals surface area contributed by atoms with Crippen LogP contribution in [0.1, 0.15) is 72.6 Å². The highest BCUT2D eigenvalue weighted by Gasteiger charge is 2.57. The van der Waals surface area contributed by atoms with Gasteiger partial charge in [-0.15, -0.1) is 0 Å². The number of rotatable bonds is 1. The Hall–Kier alpha value is -0.550. The molecule has 2 aliphatic rings. The zero-order valence-electron chi connectivity index (χ0n) is 13.0. The van der Waals surface area contributed by atoms with E-state index in [-0.39, 0.29) is 5.92 Å². The van der Waals surface area contributed by atoms with E-state index < -0.39 is 11.0 Å². The number of hydrogen-bond donors (Lipinski definition) is 1. The van der Waals surface area contributed by atoms with Crippen molar-refractivity contribution in [1.29, 1.82) is 5.26 Å². The minimum absolute atomic E-state index is 0.254. The van der Waals surface area contributed by atoms with E-state index in [2.05, 4.69) is 33.8 Å². The van der Waals surface area contributed by atoms with Gasteiger partial charge in [-0.3, -0.25) is 0 Å². The molecule has 0 radical (unpaired) electrons. The van der Waals surface area contributed by atoms with Crippen molar-refractivity contribution >= 4 is 0 Å². The Bertz CT molecular complexity index is 371. The predicted molar refractivity (Wildman–Crippen MR) is 77.4 cm³/mol. The third-order valence-corrected chi connectivity index (χ3v) is 6.07. The molecule has 0 bridgehead atoms. The van der Waals surface area contributed by atoms with E-state index in [1.54, 1.807) is 0 Å². The van der Waals surface area contributed by atoms with Crippen LogP contribution in [0.2, 0.25) is 0 Å². The molecule has 0 aliphatic heterocycles. The van der Waals surface area contributed by atoms with Gasteiger partial charge >= 0.3 is 0 Å². The highest BCUT2D eigenvalue weighted by molar-refractivity contribution is 5.16. The summed E-state index contributed by atoms with van der Waals surface area (Å²) in [6.07, 6.45) is 6.91. The summed E-state index contributed by atoms with van der Waals surface area (Å²) in [5.74, 6) is 0.797. The fourth-order valence-electron chi connectivity index (χ4n) is 4.27. The lowest BCUT2D eigenvalue weighted by Crippen LogP contribution is -2.56. The normalized spacial score (nSPS) is 41.5.